The van der Waals surface area contributed by atoms with Crippen LogP contribution in [0.3, 0.4) is 0 Å². The summed E-state index contributed by atoms with van der Waals surface area (Å²) in [6.45, 7) is 0.320. The van der Waals surface area contributed by atoms with Crippen LogP contribution in [-0.2, 0) is 4.74 Å². The Hall–Kier alpha value is -2.64. The molecule has 7 heteroatoms. The summed E-state index contributed by atoms with van der Waals surface area (Å²) >= 11 is 1.55. The molecule has 24 heavy (non-hydrogen) atoms. The van der Waals surface area contributed by atoms with Gasteiger partial charge in [-0.15, -0.1) is 11.3 Å². The van der Waals surface area contributed by atoms with Gasteiger partial charge in [0.05, 0.1) is 12.9 Å². The SMILES string of the molecule is COCC(NC(=O)Nc1cccc(-c2nccs2)c1)c1ccco1. The zero-order valence-corrected chi connectivity index (χ0v) is 13.9. The van der Waals surface area contributed by atoms with Gasteiger partial charge in [0.25, 0.3) is 0 Å². The fourth-order valence-corrected chi connectivity index (χ4v) is 2.91. The van der Waals surface area contributed by atoms with E-state index in [1.807, 2.05) is 29.6 Å². The van der Waals surface area contributed by atoms with Gasteiger partial charge in [-0.25, -0.2) is 9.78 Å². The van der Waals surface area contributed by atoms with Crippen molar-refractivity contribution in [1.29, 1.82) is 0 Å². The highest BCUT2D eigenvalue weighted by molar-refractivity contribution is 7.13. The third kappa shape index (κ3) is 4.01. The second-order valence-corrected chi connectivity index (χ2v) is 5.93. The van der Waals surface area contributed by atoms with E-state index in [-0.39, 0.29) is 12.1 Å². The molecule has 2 amide bonds. The van der Waals surface area contributed by atoms with Gasteiger partial charge >= 0.3 is 6.03 Å². The maximum Gasteiger partial charge on any atom is 0.319 e. The number of carbonyl (C=O) groups excluding carboxylic acids is 1. The number of nitrogens with one attached hydrogen (secondary N) is 2. The molecule has 0 spiro atoms. The molecule has 0 aliphatic heterocycles. The van der Waals surface area contributed by atoms with Crippen LogP contribution < -0.4 is 10.6 Å². The van der Waals surface area contributed by atoms with Crippen LogP contribution in [0.5, 0.6) is 0 Å². The van der Waals surface area contributed by atoms with Crippen molar-refractivity contribution in [2.24, 2.45) is 0 Å². The Bertz CT molecular complexity index is 772. The first-order valence-electron chi connectivity index (χ1n) is 7.36. The number of furan rings is 1. The molecule has 1 unspecified atom stereocenters. The van der Waals surface area contributed by atoms with E-state index in [1.165, 1.54) is 0 Å². The lowest BCUT2D eigenvalue weighted by Gasteiger charge is -2.16. The number of rotatable bonds is 6. The number of ether oxygens (including phenoxy) is 1. The molecule has 6 nitrogen and oxygen atoms in total. The number of anilines is 1. The Morgan fingerprint density at radius 3 is 3.00 bits per heavy atom. The van der Waals surface area contributed by atoms with Crippen LogP contribution in [0.1, 0.15) is 11.8 Å². The number of hydrogen-bond donors (Lipinski definition) is 2. The van der Waals surface area contributed by atoms with Gasteiger partial charge in [0.15, 0.2) is 0 Å². The Morgan fingerprint density at radius 2 is 2.29 bits per heavy atom. The largest absolute Gasteiger partial charge is 0.467 e. The topological polar surface area (TPSA) is 76.4 Å². The van der Waals surface area contributed by atoms with Crippen molar-refractivity contribution < 1.29 is 13.9 Å². The zero-order chi connectivity index (χ0) is 16.8. The van der Waals surface area contributed by atoms with E-state index >= 15 is 0 Å². The van der Waals surface area contributed by atoms with Crippen LogP contribution in [0.15, 0.2) is 58.7 Å². The third-order valence-electron chi connectivity index (χ3n) is 3.32. The summed E-state index contributed by atoms with van der Waals surface area (Å²) in [5.41, 5.74) is 1.65. The van der Waals surface area contributed by atoms with Gasteiger partial charge < -0.3 is 19.8 Å². The Morgan fingerprint density at radius 1 is 1.38 bits per heavy atom. The summed E-state index contributed by atoms with van der Waals surface area (Å²) in [6, 6.07) is 10.4. The summed E-state index contributed by atoms with van der Waals surface area (Å²) in [4.78, 5) is 16.5. The molecule has 0 bridgehead atoms. The third-order valence-corrected chi connectivity index (χ3v) is 4.15. The van der Waals surface area contributed by atoms with Gasteiger partial charge in [0.1, 0.15) is 16.8 Å². The number of nitrogens with zero attached hydrogens (tertiary/aromatic N) is 1. The van der Waals surface area contributed by atoms with Gasteiger partial charge in [0, 0.05) is 29.9 Å². The summed E-state index contributed by atoms with van der Waals surface area (Å²) in [7, 11) is 1.58. The fourth-order valence-electron chi connectivity index (χ4n) is 2.27. The van der Waals surface area contributed by atoms with E-state index in [9.17, 15) is 4.79 Å². The van der Waals surface area contributed by atoms with Crippen molar-refractivity contribution in [1.82, 2.24) is 10.3 Å². The minimum absolute atomic E-state index is 0.320. The molecule has 2 N–H and O–H groups in total. The molecule has 1 atom stereocenters. The fraction of sp³-hybridized carbons (Fsp3) is 0.176. The van der Waals surface area contributed by atoms with Crippen molar-refractivity contribution in [2.75, 3.05) is 19.0 Å². The molecule has 0 saturated heterocycles. The van der Waals surface area contributed by atoms with E-state index in [0.717, 1.165) is 10.6 Å². The lowest BCUT2D eigenvalue weighted by Crippen LogP contribution is -2.34. The van der Waals surface area contributed by atoms with E-state index in [4.69, 9.17) is 9.15 Å². The van der Waals surface area contributed by atoms with Gasteiger partial charge in [-0.2, -0.15) is 0 Å². The highest BCUT2D eigenvalue weighted by Crippen LogP contribution is 2.24. The molecule has 0 radical (unpaired) electrons. The van der Waals surface area contributed by atoms with Crippen molar-refractivity contribution in [3.05, 3.63) is 60.0 Å². The number of carbonyl (C=O) groups is 1. The predicted octanol–water partition coefficient (Wildman–Crippen LogP) is 3.91. The molecule has 1 aromatic carbocycles. The van der Waals surface area contributed by atoms with Crippen molar-refractivity contribution in [3.63, 3.8) is 0 Å². The maximum absolute atomic E-state index is 12.3. The summed E-state index contributed by atoms with van der Waals surface area (Å²) in [5.74, 6) is 0.642. The highest BCUT2D eigenvalue weighted by atomic mass is 32.1. The molecule has 2 aromatic heterocycles. The first-order chi connectivity index (χ1) is 11.8. The van der Waals surface area contributed by atoms with Gasteiger partial charge in [0.2, 0.25) is 0 Å². The van der Waals surface area contributed by atoms with Gasteiger partial charge in [-0.05, 0) is 24.3 Å². The monoisotopic (exact) mass is 343 g/mol. The number of methoxy groups -OCH3 is 1. The summed E-state index contributed by atoms with van der Waals surface area (Å²) < 4.78 is 10.5. The number of hydrogen-bond acceptors (Lipinski definition) is 5. The molecule has 0 saturated carbocycles. The Balaban J connectivity index is 1.67. The van der Waals surface area contributed by atoms with E-state index in [0.29, 0.717) is 18.1 Å². The number of benzene rings is 1. The number of urea groups is 1. The molecule has 124 valence electrons. The molecular formula is C17H17N3O3S. The van der Waals surface area contributed by atoms with E-state index in [2.05, 4.69) is 15.6 Å². The second kappa shape index (κ2) is 7.76. The molecule has 0 fully saturated rings. The van der Waals surface area contributed by atoms with Crippen LogP contribution in [0.4, 0.5) is 10.5 Å². The smallest absolute Gasteiger partial charge is 0.319 e. The van der Waals surface area contributed by atoms with Gasteiger partial charge in [-0.1, -0.05) is 12.1 Å². The van der Waals surface area contributed by atoms with Crippen molar-refractivity contribution >= 4 is 23.1 Å². The maximum atomic E-state index is 12.3. The number of amides is 2. The quantitative estimate of drug-likeness (QED) is 0.711. The zero-order valence-electron chi connectivity index (χ0n) is 13.1. The van der Waals surface area contributed by atoms with Crippen molar-refractivity contribution in [3.8, 4) is 10.6 Å². The normalized spacial score (nSPS) is 11.9. The minimum Gasteiger partial charge on any atom is -0.467 e. The molecule has 0 aliphatic carbocycles. The Labute approximate surface area is 143 Å². The second-order valence-electron chi connectivity index (χ2n) is 5.04. The van der Waals surface area contributed by atoms with Crippen molar-refractivity contribution in [2.45, 2.75) is 6.04 Å². The minimum atomic E-state index is -0.354. The molecule has 3 rings (SSSR count). The highest BCUT2D eigenvalue weighted by Gasteiger charge is 2.17. The van der Waals surface area contributed by atoms with Crippen LogP contribution in [0.25, 0.3) is 10.6 Å². The Kier molecular flexibility index (Phi) is 5.25. The first kappa shape index (κ1) is 16.2. The van der Waals surface area contributed by atoms with Crippen LogP contribution >= 0.6 is 11.3 Å². The van der Waals surface area contributed by atoms with E-state index < -0.39 is 0 Å². The first-order valence-corrected chi connectivity index (χ1v) is 8.24. The average molecular weight is 343 g/mol. The molecule has 2 heterocycles. The summed E-state index contributed by atoms with van der Waals surface area (Å²) in [5, 5.41) is 8.49. The molecule has 0 aliphatic rings. The summed E-state index contributed by atoms with van der Waals surface area (Å²) in [6.07, 6.45) is 3.32. The number of thiazole rings is 1. The van der Waals surface area contributed by atoms with Crippen LogP contribution in [-0.4, -0.2) is 24.7 Å². The standard InChI is InChI=1S/C17H17N3O3S/c1-22-11-14(15-6-3-8-23-15)20-17(21)19-13-5-2-4-12(10-13)16-18-7-9-24-16/h2-10,14H,11H2,1H3,(H2,19,20,21). The molecule has 3 aromatic rings. The average Bonchev–Trinajstić information content (AvgIpc) is 3.28. The van der Waals surface area contributed by atoms with Crippen LogP contribution in [0, 0.1) is 0 Å². The van der Waals surface area contributed by atoms with E-state index in [1.54, 1.807) is 43.0 Å². The van der Waals surface area contributed by atoms with Crippen LogP contribution in [0.2, 0.25) is 0 Å². The lowest BCUT2D eigenvalue weighted by molar-refractivity contribution is 0.159. The number of aromatic nitrogens is 1. The molecular weight excluding hydrogens is 326 g/mol. The lowest BCUT2D eigenvalue weighted by atomic mass is 10.2. The van der Waals surface area contributed by atoms with Gasteiger partial charge in [-0.3, -0.25) is 0 Å². The predicted molar refractivity (Wildman–Crippen MR) is 93.0 cm³/mol.